The Morgan fingerprint density at radius 1 is 0.814 bits per heavy atom. The number of amides is 2. The zero-order valence-corrected chi connectivity index (χ0v) is 31.8. The number of hydrogen-bond donors (Lipinski definition) is 2. The molecule has 0 radical (unpaired) electrons. The quantitative estimate of drug-likeness (QED) is 0.111. The van der Waals surface area contributed by atoms with E-state index in [0.717, 1.165) is 78.3 Å². The minimum atomic E-state index is -4.42. The molecule has 4 heterocycles. The van der Waals surface area contributed by atoms with Crippen molar-refractivity contribution in [2.45, 2.75) is 45.5 Å². The molecule has 0 atom stereocenters. The van der Waals surface area contributed by atoms with Crippen LogP contribution in [-0.4, -0.2) is 53.2 Å². The van der Waals surface area contributed by atoms with Crippen LogP contribution in [0.1, 0.15) is 53.9 Å². The van der Waals surface area contributed by atoms with Crippen molar-refractivity contribution >= 4 is 57.8 Å². The van der Waals surface area contributed by atoms with Gasteiger partial charge in [-0.2, -0.15) is 41.9 Å². The number of carbonyl (C=O) groups excluding carboxylic acids is 2. The third-order valence-corrected chi connectivity index (χ3v) is 8.94. The van der Waals surface area contributed by atoms with Crippen LogP contribution in [-0.2, 0) is 30.0 Å². The molecule has 18 heteroatoms. The first-order valence-corrected chi connectivity index (χ1v) is 18.0. The molecular weight excluding hydrogens is 821 g/mol. The molecule has 0 saturated heterocycles. The summed E-state index contributed by atoms with van der Waals surface area (Å²) in [4.78, 5) is 35.5. The number of nitriles is 2. The van der Waals surface area contributed by atoms with Gasteiger partial charge in [0, 0.05) is 37.7 Å². The first kappa shape index (κ1) is 47.3. The highest BCUT2D eigenvalue weighted by Gasteiger charge is 2.31. The largest absolute Gasteiger partial charge is 0.416 e. The summed E-state index contributed by atoms with van der Waals surface area (Å²) in [7, 11) is 0. The number of alkyl halides is 6. The zero-order chi connectivity index (χ0) is 42.3. The fourth-order valence-electron chi connectivity index (χ4n) is 5.43. The Labute approximate surface area is 346 Å². The molecule has 2 aromatic carbocycles. The normalized spacial score (nSPS) is 13.5. The van der Waals surface area contributed by atoms with E-state index in [1.165, 1.54) is 23.8 Å². The number of benzene rings is 2. The van der Waals surface area contributed by atoms with Gasteiger partial charge in [-0.15, -0.1) is 0 Å². The number of halogens is 8. The number of isocyanates is 1. The highest BCUT2D eigenvalue weighted by Crippen LogP contribution is 2.32. The monoisotopic (exact) mass is 856 g/mol. The Morgan fingerprint density at radius 2 is 1.32 bits per heavy atom. The van der Waals surface area contributed by atoms with Gasteiger partial charge in [0.25, 0.3) is 0 Å². The average molecular weight is 858 g/mol. The Hall–Kier alpha value is -6.03. The number of aromatic nitrogens is 2. The molecule has 0 unspecified atom stereocenters. The van der Waals surface area contributed by atoms with Crippen LogP contribution in [0.3, 0.4) is 0 Å². The predicted octanol–water partition coefficient (Wildman–Crippen LogP) is 10.6. The maximum Gasteiger partial charge on any atom is 0.416 e. The van der Waals surface area contributed by atoms with Gasteiger partial charge < -0.3 is 15.5 Å². The van der Waals surface area contributed by atoms with E-state index in [2.05, 4.69) is 37.7 Å². The number of nitrogens with one attached hydrogen (secondary N) is 2. The third kappa shape index (κ3) is 14.4. The smallest absolute Gasteiger partial charge is 0.320 e. The van der Waals surface area contributed by atoms with Crippen molar-refractivity contribution in [2.24, 2.45) is 4.99 Å². The molecule has 2 aliphatic heterocycles. The average Bonchev–Trinajstić information content (AvgIpc) is 3.19. The molecule has 2 aliphatic rings. The van der Waals surface area contributed by atoms with Gasteiger partial charge in [0.1, 0.15) is 0 Å². The first-order chi connectivity index (χ1) is 27.6. The highest BCUT2D eigenvalue weighted by molar-refractivity contribution is 6.32. The molecule has 6 rings (SSSR count). The van der Waals surface area contributed by atoms with Gasteiger partial charge in [-0.05, 0) is 102 Å². The lowest BCUT2D eigenvalue weighted by Gasteiger charge is -2.27. The van der Waals surface area contributed by atoms with Crippen LogP contribution >= 0.6 is 23.2 Å². The number of nitrogens with zero attached hydrogens (tertiary/aromatic N) is 6. The molecule has 10 nitrogen and oxygen atoms in total. The minimum absolute atomic E-state index is 0. The molecule has 0 saturated carbocycles. The highest BCUT2D eigenvalue weighted by atomic mass is 35.5. The van der Waals surface area contributed by atoms with Crippen molar-refractivity contribution in [1.82, 2.24) is 20.2 Å². The molecule has 2 N–H and O–H groups in total. The molecule has 4 aromatic rings. The lowest BCUT2D eigenvalue weighted by atomic mass is 10.0. The number of hydrogen-bond acceptors (Lipinski definition) is 8. The lowest BCUT2D eigenvalue weighted by molar-refractivity contribution is -0.138. The summed E-state index contributed by atoms with van der Waals surface area (Å²) in [6.07, 6.45) is 1.81. The first-order valence-electron chi connectivity index (χ1n) is 17.2. The molecule has 2 aromatic heterocycles. The number of carbonyl (C=O) groups is 1. The van der Waals surface area contributed by atoms with Crippen LogP contribution in [0.4, 0.5) is 42.5 Å². The summed E-state index contributed by atoms with van der Waals surface area (Å²) in [6, 6.07) is 15.5. The van der Waals surface area contributed by atoms with E-state index >= 15 is 0 Å². The second-order valence-corrected chi connectivity index (χ2v) is 13.2. The van der Waals surface area contributed by atoms with Crippen LogP contribution in [0.5, 0.6) is 0 Å². The molecule has 2 amide bonds. The number of anilines is 1. The van der Waals surface area contributed by atoms with Gasteiger partial charge in [0.05, 0.1) is 63.2 Å². The Bertz CT molecular complexity index is 2260. The van der Waals surface area contributed by atoms with Crippen molar-refractivity contribution in [3.05, 3.63) is 129 Å². The summed E-state index contributed by atoms with van der Waals surface area (Å²) in [5.74, 6) is 0. The molecule has 0 spiro atoms. The molecule has 0 bridgehead atoms. The molecule has 308 valence electrons. The van der Waals surface area contributed by atoms with Gasteiger partial charge in [-0.25, -0.2) is 9.59 Å². The Balaban J connectivity index is 0.000000261. The van der Waals surface area contributed by atoms with E-state index < -0.39 is 29.5 Å². The van der Waals surface area contributed by atoms with Gasteiger partial charge >= 0.3 is 18.4 Å². The van der Waals surface area contributed by atoms with Crippen molar-refractivity contribution in [3.63, 3.8) is 0 Å². The van der Waals surface area contributed by atoms with Gasteiger partial charge in [0.2, 0.25) is 6.08 Å². The van der Waals surface area contributed by atoms with Crippen molar-refractivity contribution in [3.8, 4) is 12.1 Å². The number of aliphatic imine (C=N–C) groups is 1. The maximum atomic E-state index is 12.6. The van der Waals surface area contributed by atoms with Crippen LogP contribution in [0.2, 0.25) is 10.0 Å². The number of rotatable bonds is 6. The van der Waals surface area contributed by atoms with E-state index in [0.29, 0.717) is 41.7 Å². The third-order valence-electron chi connectivity index (χ3n) is 8.36. The zero-order valence-electron chi connectivity index (χ0n) is 30.3. The Kier molecular flexibility index (Phi) is 17.8. The second-order valence-electron chi connectivity index (χ2n) is 12.4. The van der Waals surface area contributed by atoms with Crippen molar-refractivity contribution < 1.29 is 35.9 Å². The minimum Gasteiger partial charge on any atom is -0.320 e. The van der Waals surface area contributed by atoms with Gasteiger partial charge in [0.15, 0.2) is 0 Å². The summed E-state index contributed by atoms with van der Waals surface area (Å²) in [5, 5.41) is 24.3. The summed E-state index contributed by atoms with van der Waals surface area (Å²) in [6.45, 7) is 2.56. The fraction of sp³-hybridized carbons (Fsp3) is 0.268. The van der Waals surface area contributed by atoms with Crippen LogP contribution < -0.4 is 10.6 Å². The lowest BCUT2D eigenvalue weighted by Crippen LogP contribution is -2.38. The molecule has 0 aliphatic carbocycles. The van der Waals surface area contributed by atoms with Gasteiger partial charge in [-0.3, -0.25) is 9.97 Å². The molecular formula is C41H36Cl2F6N8O2. The van der Waals surface area contributed by atoms with Crippen LogP contribution in [0, 0.1) is 22.7 Å². The summed E-state index contributed by atoms with van der Waals surface area (Å²) >= 11 is 12.4. The van der Waals surface area contributed by atoms with E-state index in [9.17, 15) is 35.9 Å². The topological polar surface area (TPSA) is 147 Å². The molecule has 59 heavy (non-hydrogen) atoms. The van der Waals surface area contributed by atoms with Crippen LogP contribution in [0.25, 0.3) is 11.1 Å². The number of urea groups is 1. The molecule has 0 fully saturated rings. The second kappa shape index (κ2) is 22.2. The van der Waals surface area contributed by atoms with Crippen LogP contribution in [0.15, 0.2) is 90.2 Å². The van der Waals surface area contributed by atoms with E-state index in [1.807, 2.05) is 18.2 Å². The summed E-state index contributed by atoms with van der Waals surface area (Å²) in [5.41, 5.74) is 4.06. The standard InChI is InChI=1S/C20H16ClF3N4O.C12H12ClN3.C8H4F3NO.CH4/c21-17-11-13(5-8-25)12-26-18(17)14-6-9-28(10-7-14)19(29)27-16-3-1-15(2-4-16)20(22,23)24;13-11-7-9(1-4-14)8-16-12(11)10-2-5-15-6-3-10;9-8(10,11)6-1-3-7(4-2-6)12-5-13;/h1-4,6,11-12H,5,7,9-10H2,(H,27,29);2,7-8,15H,1,3,5-6H2;1-4H;1H4. The van der Waals surface area contributed by atoms with Crippen molar-refractivity contribution in [2.75, 3.05) is 31.5 Å². The maximum absolute atomic E-state index is 12.6. The SMILES string of the molecule is C.N#CCc1cnc(C2=CCN(C(=O)Nc3ccc(C(F)(F)F)cc3)CC2)c(Cl)c1.N#CCc1cnc(C2=CCNCC2)c(Cl)c1.O=C=Nc1ccc(C(F)(F)F)cc1. The Morgan fingerprint density at radius 3 is 1.73 bits per heavy atom. The summed E-state index contributed by atoms with van der Waals surface area (Å²) < 4.78 is 73.8. The fourth-order valence-corrected chi connectivity index (χ4v) is 6.05. The van der Waals surface area contributed by atoms with Crippen molar-refractivity contribution in [1.29, 1.82) is 10.5 Å². The van der Waals surface area contributed by atoms with Gasteiger partial charge in [-0.1, -0.05) is 42.8 Å². The van der Waals surface area contributed by atoms with E-state index in [4.69, 9.17) is 33.7 Å². The predicted molar refractivity (Wildman–Crippen MR) is 213 cm³/mol. The van der Waals surface area contributed by atoms with E-state index in [1.54, 1.807) is 23.4 Å². The number of pyridine rings is 2. The van der Waals surface area contributed by atoms with E-state index in [-0.39, 0.29) is 25.2 Å².